The number of halogens is 1. The van der Waals surface area contributed by atoms with E-state index in [4.69, 9.17) is 4.74 Å². The Bertz CT molecular complexity index is 902. The van der Waals surface area contributed by atoms with E-state index in [9.17, 15) is 9.18 Å². The van der Waals surface area contributed by atoms with Gasteiger partial charge >= 0.3 is 0 Å². The Hall–Kier alpha value is -2.93. The summed E-state index contributed by atoms with van der Waals surface area (Å²) < 4.78 is 18.2. The van der Waals surface area contributed by atoms with Crippen LogP contribution in [0.5, 0.6) is 5.75 Å². The minimum atomic E-state index is -0.294. The highest BCUT2D eigenvalue weighted by Crippen LogP contribution is 2.20. The van der Waals surface area contributed by atoms with Crippen molar-refractivity contribution in [1.82, 2.24) is 15.5 Å². The van der Waals surface area contributed by atoms with Gasteiger partial charge in [-0.3, -0.25) is 4.79 Å². The highest BCUT2D eigenvalue weighted by atomic mass is 32.2. The van der Waals surface area contributed by atoms with Crippen LogP contribution in [0.15, 0.2) is 65.7 Å². The molecule has 0 aliphatic carbocycles. The van der Waals surface area contributed by atoms with Gasteiger partial charge in [0.1, 0.15) is 16.6 Å². The van der Waals surface area contributed by atoms with E-state index < -0.39 is 0 Å². The molecule has 138 valence electrons. The van der Waals surface area contributed by atoms with E-state index in [1.165, 1.54) is 23.9 Å². The van der Waals surface area contributed by atoms with E-state index in [-0.39, 0.29) is 17.5 Å². The number of thioether (sulfide) groups is 1. The van der Waals surface area contributed by atoms with Crippen molar-refractivity contribution in [2.75, 3.05) is 12.9 Å². The molecule has 27 heavy (non-hydrogen) atoms. The number of hydrogen-bond donors (Lipinski definition) is 1. The Kier molecular flexibility index (Phi) is 6.38. The minimum absolute atomic E-state index is 0.102. The molecule has 0 radical (unpaired) electrons. The van der Waals surface area contributed by atoms with E-state index in [1.807, 2.05) is 24.3 Å². The number of hydrogen-bond acceptors (Lipinski definition) is 5. The van der Waals surface area contributed by atoms with Crippen LogP contribution < -0.4 is 10.1 Å². The molecule has 0 fully saturated rings. The maximum atomic E-state index is 13.0. The van der Waals surface area contributed by atoms with Crippen LogP contribution in [0.4, 0.5) is 4.39 Å². The molecular formula is C20H18FN3O2S. The van der Waals surface area contributed by atoms with Gasteiger partial charge < -0.3 is 10.1 Å². The fourth-order valence-corrected chi connectivity index (χ4v) is 3.05. The SMILES string of the molecule is COc1ccccc1CNC(=O)CSc1ccc(-c2ccc(F)cc2)nn1. The fraction of sp³-hybridized carbons (Fsp3) is 0.150. The van der Waals surface area contributed by atoms with E-state index in [1.54, 1.807) is 31.4 Å². The molecule has 0 unspecified atom stereocenters. The number of benzene rings is 2. The molecule has 0 spiro atoms. The average molecular weight is 383 g/mol. The molecule has 5 nitrogen and oxygen atoms in total. The first-order chi connectivity index (χ1) is 13.2. The lowest BCUT2D eigenvalue weighted by Crippen LogP contribution is -2.24. The van der Waals surface area contributed by atoms with Gasteiger partial charge in [0.25, 0.3) is 0 Å². The molecule has 1 N–H and O–H groups in total. The number of carbonyl (C=O) groups is 1. The second-order valence-corrected chi connectivity index (χ2v) is 6.64. The quantitative estimate of drug-likeness (QED) is 0.630. The molecule has 3 aromatic rings. The summed E-state index contributed by atoms with van der Waals surface area (Å²) in [5.74, 6) is 0.584. The molecule has 0 aliphatic rings. The van der Waals surface area contributed by atoms with Crippen LogP contribution in [-0.4, -0.2) is 29.0 Å². The van der Waals surface area contributed by atoms with Gasteiger partial charge in [-0.1, -0.05) is 30.0 Å². The predicted octanol–water partition coefficient (Wildman–Crippen LogP) is 3.70. The van der Waals surface area contributed by atoms with Crippen molar-refractivity contribution in [1.29, 1.82) is 0 Å². The maximum Gasteiger partial charge on any atom is 0.230 e. The Balaban J connectivity index is 1.51. The van der Waals surface area contributed by atoms with E-state index >= 15 is 0 Å². The number of amides is 1. The van der Waals surface area contributed by atoms with E-state index in [2.05, 4.69) is 15.5 Å². The van der Waals surface area contributed by atoms with Crippen molar-refractivity contribution < 1.29 is 13.9 Å². The lowest BCUT2D eigenvalue weighted by molar-refractivity contribution is -0.118. The molecule has 0 bridgehead atoms. The van der Waals surface area contributed by atoms with Crippen molar-refractivity contribution in [2.45, 2.75) is 11.6 Å². The number of carbonyl (C=O) groups excluding carboxylic acids is 1. The van der Waals surface area contributed by atoms with Crippen LogP contribution in [-0.2, 0) is 11.3 Å². The number of rotatable bonds is 7. The summed E-state index contributed by atoms with van der Waals surface area (Å²) in [4.78, 5) is 12.1. The number of para-hydroxylation sites is 1. The van der Waals surface area contributed by atoms with Crippen molar-refractivity contribution in [3.8, 4) is 17.0 Å². The molecule has 1 aromatic heterocycles. The molecule has 7 heteroatoms. The number of nitrogens with one attached hydrogen (secondary N) is 1. The zero-order valence-corrected chi connectivity index (χ0v) is 15.5. The average Bonchev–Trinajstić information content (AvgIpc) is 2.72. The van der Waals surface area contributed by atoms with Crippen LogP contribution in [0.2, 0.25) is 0 Å². The van der Waals surface area contributed by atoms with Gasteiger partial charge in [0, 0.05) is 17.7 Å². The Labute approximate surface area is 161 Å². The molecule has 3 rings (SSSR count). The first-order valence-electron chi connectivity index (χ1n) is 8.27. The van der Waals surface area contributed by atoms with Gasteiger partial charge in [-0.05, 0) is 42.5 Å². The zero-order valence-electron chi connectivity index (χ0n) is 14.7. The molecule has 0 saturated heterocycles. The highest BCUT2D eigenvalue weighted by molar-refractivity contribution is 7.99. The largest absolute Gasteiger partial charge is 0.496 e. The van der Waals surface area contributed by atoms with E-state index in [0.29, 0.717) is 17.3 Å². The van der Waals surface area contributed by atoms with Crippen molar-refractivity contribution in [3.05, 3.63) is 72.0 Å². The zero-order chi connectivity index (χ0) is 19.1. The smallest absolute Gasteiger partial charge is 0.230 e. The monoisotopic (exact) mass is 383 g/mol. The lowest BCUT2D eigenvalue weighted by Gasteiger charge is -2.09. The Morgan fingerprint density at radius 2 is 1.85 bits per heavy atom. The molecule has 2 aromatic carbocycles. The maximum absolute atomic E-state index is 13.0. The van der Waals surface area contributed by atoms with Crippen molar-refractivity contribution >= 4 is 17.7 Å². The van der Waals surface area contributed by atoms with Crippen LogP contribution in [0, 0.1) is 5.82 Å². The second kappa shape index (κ2) is 9.14. The summed E-state index contributed by atoms with van der Waals surface area (Å²) >= 11 is 1.30. The number of methoxy groups -OCH3 is 1. The summed E-state index contributed by atoms with van der Waals surface area (Å²) in [6.45, 7) is 0.401. The third-order valence-electron chi connectivity index (χ3n) is 3.80. The van der Waals surface area contributed by atoms with Crippen molar-refractivity contribution in [3.63, 3.8) is 0 Å². The number of nitrogens with zero attached hydrogens (tertiary/aromatic N) is 2. The Morgan fingerprint density at radius 1 is 1.07 bits per heavy atom. The van der Waals surface area contributed by atoms with Gasteiger partial charge in [0.15, 0.2) is 0 Å². The summed E-state index contributed by atoms with van der Waals surface area (Å²) in [6.07, 6.45) is 0. The third kappa shape index (κ3) is 5.27. The van der Waals surface area contributed by atoms with Crippen LogP contribution in [0.25, 0.3) is 11.3 Å². The van der Waals surface area contributed by atoms with Gasteiger partial charge in [0.05, 0.1) is 18.6 Å². The molecule has 0 saturated carbocycles. The first kappa shape index (κ1) is 18.8. The molecule has 0 atom stereocenters. The summed E-state index contributed by atoms with van der Waals surface area (Å²) in [6, 6.07) is 17.2. The summed E-state index contributed by atoms with van der Waals surface area (Å²) in [5.41, 5.74) is 2.36. The summed E-state index contributed by atoms with van der Waals surface area (Å²) in [5, 5.41) is 11.8. The van der Waals surface area contributed by atoms with Gasteiger partial charge in [-0.2, -0.15) is 0 Å². The minimum Gasteiger partial charge on any atom is -0.496 e. The van der Waals surface area contributed by atoms with Gasteiger partial charge in [0.2, 0.25) is 5.91 Å². The standard InChI is InChI=1S/C20H18FN3O2S/c1-26-18-5-3-2-4-15(18)12-22-19(25)13-27-20-11-10-17(23-24-20)14-6-8-16(21)9-7-14/h2-11H,12-13H2,1H3,(H,22,25). The van der Waals surface area contributed by atoms with Crippen LogP contribution in [0.1, 0.15) is 5.56 Å². The lowest BCUT2D eigenvalue weighted by atomic mass is 10.1. The predicted molar refractivity (Wildman–Crippen MR) is 103 cm³/mol. The van der Waals surface area contributed by atoms with Gasteiger partial charge in [-0.15, -0.1) is 10.2 Å². The van der Waals surface area contributed by atoms with Crippen LogP contribution in [0.3, 0.4) is 0 Å². The fourth-order valence-electron chi connectivity index (χ4n) is 2.40. The molecule has 1 amide bonds. The van der Waals surface area contributed by atoms with Gasteiger partial charge in [-0.25, -0.2) is 4.39 Å². The summed E-state index contributed by atoms with van der Waals surface area (Å²) in [7, 11) is 1.60. The normalized spacial score (nSPS) is 10.4. The molecule has 0 aliphatic heterocycles. The Morgan fingerprint density at radius 3 is 2.56 bits per heavy atom. The number of aromatic nitrogens is 2. The van der Waals surface area contributed by atoms with Crippen molar-refractivity contribution in [2.24, 2.45) is 0 Å². The van der Waals surface area contributed by atoms with E-state index in [0.717, 1.165) is 16.9 Å². The van der Waals surface area contributed by atoms with Crippen LogP contribution >= 0.6 is 11.8 Å². The topological polar surface area (TPSA) is 64.1 Å². The highest BCUT2D eigenvalue weighted by Gasteiger charge is 2.07. The first-order valence-corrected chi connectivity index (χ1v) is 9.25. The second-order valence-electron chi connectivity index (χ2n) is 5.64. The molecular weight excluding hydrogens is 365 g/mol. The number of ether oxygens (including phenoxy) is 1. The third-order valence-corrected chi connectivity index (χ3v) is 4.72. The molecule has 1 heterocycles.